The third-order valence-corrected chi connectivity index (χ3v) is 9.89. The molecule has 1 amide bonds. The van der Waals surface area contributed by atoms with E-state index in [-0.39, 0.29) is 16.6 Å². The van der Waals surface area contributed by atoms with Gasteiger partial charge in [0, 0.05) is 24.7 Å². The topological polar surface area (TPSA) is 115 Å². The quantitative estimate of drug-likeness (QED) is 0.569. The van der Waals surface area contributed by atoms with Gasteiger partial charge in [-0.05, 0) is 43.7 Å². The van der Waals surface area contributed by atoms with Gasteiger partial charge in [0.2, 0.25) is 5.91 Å². The molecule has 3 fully saturated rings. The third-order valence-electron chi connectivity index (χ3n) is 8.50. The smallest absolute Gasteiger partial charge is 0.263 e. The first kappa shape index (κ1) is 28.6. The molecule has 2 saturated carbocycles. The maximum Gasteiger partial charge on any atom is 0.263 e. The first-order valence-corrected chi connectivity index (χ1v) is 15.9. The summed E-state index contributed by atoms with van der Waals surface area (Å²) in [7, 11) is -3.66. The molecule has 4 aliphatic rings. The number of amidine groups is 1. The molecule has 0 aromatic heterocycles. The summed E-state index contributed by atoms with van der Waals surface area (Å²) in [5, 5.41) is 12.9. The molecule has 5 rings (SSSR count). The first-order chi connectivity index (χ1) is 18.3. The fraction of sp³-hybridized carbons (Fsp3) is 0.690. The van der Waals surface area contributed by atoms with Crippen LogP contribution in [0.5, 0.6) is 0 Å². The Balaban J connectivity index is 0.000000417. The molecule has 1 aromatic carbocycles. The van der Waals surface area contributed by atoms with Crippen LogP contribution < -0.4 is 10.0 Å². The Morgan fingerprint density at radius 2 is 1.82 bits per heavy atom. The van der Waals surface area contributed by atoms with Crippen molar-refractivity contribution in [1.82, 2.24) is 14.9 Å². The number of carbonyl (C=O) groups excluding carboxylic acids is 1. The van der Waals surface area contributed by atoms with Gasteiger partial charge in [-0.3, -0.25) is 19.4 Å². The van der Waals surface area contributed by atoms with Gasteiger partial charge in [0.15, 0.2) is 0 Å². The molecule has 1 aromatic rings. The molecule has 2 N–H and O–H groups in total. The molecule has 38 heavy (non-hydrogen) atoms. The summed E-state index contributed by atoms with van der Waals surface area (Å²) in [5.41, 5.74) is -0.456. The van der Waals surface area contributed by atoms with E-state index in [0.29, 0.717) is 31.0 Å². The predicted octanol–water partition coefficient (Wildman–Crippen LogP) is 4.51. The zero-order chi connectivity index (χ0) is 27.2. The number of amides is 1. The van der Waals surface area contributed by atoms with Crippen molar-refractivity contribution in [2.75, 3.05) is 13.1 Å². The van der Waals surface area contributed by atoms with E-state index in [1.165, 1.54) is 57.4 Å². The third kappa shape index (κ3) is 6.76. The van der Waals surface area contributed by atoms with Crippen molar-refractivity contribution in [1.29, 1.82) is 5.26 Å². The molecule has 1 saturated heterocycles. The number of benzene rings is 1. The Morgan fingerprint density at radius 1 is 1.16 bits per heavy atom. The summed E-state index contributed by atoms with van der Waals surface area (Å²) < 4.78 is 27.1. The van der Waals surface area contributed by atoms with Crippen molar-refractivity contribution in [3.05, 3.63) is 29.8 Å². The van der Waals surface area contributed by atoms with Crippen molar-refractivity contribution >= 4 is 21.8 Å². The number of hydrogen-bond acceptors (Lipinski definition) is 6. The lowest BCUT2D eigenvalue weighted by Gasteiger charge is -2.32. The van der Waals surface area contributed by atoms with Gasteiger partial charge >= 0.3 is 0 Å². The Bertz CT molecular complexity index is 1150. The van der Waals surface area contributed by atoms with Crippen LogP contribution in [0, 0.1) is 17.2 Å². The molecule has 8 nitrogen and oxygen atoms in total. The zero-order valence-corrected chi connectivity index (χ0v) is 23.7. The van der Waals surface area contributed by atoms with Gasteiger partial charge in [-0.25, -0.2) is 8.42 Å². The van der Waals surface area contributed by atoms with Crippen LogP contribution in [-0.4, -0.2) is 55.8 Å². The minimum atomic E-state index is -3.66. The number of nitriles is 1. The number of nitrogens with zero attached hydrogens (tertiary/aromatic N) is 3. The second-order valence-electron chi connectivity index (χ2n) is 11.4. The number of rotatable bonds is 5. The standard InChI is InChI=1S/C22H29N5O3S.C7H14/c1-2-18(24-20-17-10-6-7-11-19(17)31(29,30)26-20)21(28)25-22(14-23)12-13-27(15-22)16-8-4-3-5-9-16;1-7-5-3-2-4-6-7/h6-7,10-11,16,18H,2-5,8-9,12-13,15H2,1H3,(H,24,26)(H,25,28);7H,2-6H2,1H3. The first-order valence-electron chi connectivity index (χ1n) is 14.4. The second-order valence-corrected chi connectivity index (χ2v) is 13.1. The maximum absolute atomic E-state index is 13.1. The highest BCUT2D eigenvalue weighted by Gasteiger charge is 2.43. The van der Waals surface area contributed by atoms with E-state index in [0.717, 1.165) is 25.3 Å². The van der Waals surface area contributed by atoms with Gasteiger partial charge in [-0.1, -0.05) is 77.3 Å². The van der Waals surface area contributed by atoms with Crippen LogP contribution in [0.4, 0.5) is 0 Å². The normalized spacial score (nSPS) is 27.4. The monoisotopic (exact) mass is 541 g/mol. The number of fused-ring (bicyclic) bond motifs is 1. The number of likely N-dealkylation sites (tertiary alicyclic amines) is 1. The highest BCUT2D eigenvalue weighted by Crippen LogP contribution is 2.30. The Labute approximate surface area is 228 Å². The Hall–Kier alpha value is -2.44. The number of nitrogens with one attached hydrogen (secondary N) is 2. The summed E-state index contributed by atoms with van der Waals surface area (Å²) in [5.74, 6) is 0.873. The second kappa shape index (κ2) is 12.6. The molecule has 2 aliphatic carbocycles. The minimum Gasteiger partial charge on any atom is -0.335 e. The van der Waals surface area contributed by atoms with Crippen LogP contribution in [0.25, 0.3) is 0 Å². The van der Waals surface area contributed by atoms with Gasteiger partial charge in [-0.15, -0.1) is 0 Å². The lowest BCUT2D eigenvalue weighted by molar-refractivity contribution is -0.123. The van der Waals surface area contributed by atoms with Crippen LogP contribution >= 0.6 is 0 Å². The summed E-state index contributed by atoms with van der Waals surface area (Å²) in [6.07, 6.45) is 14.4. The molecule has 2 unspecified atom stereocenters. The van der Waals surface area contributed by atoms with Crippen LogP contribution in [0.2, 0.25) is 0 Å². The molecule has 0 spiro atoms. The van der Waals surface area contributed by atoms with E-state index in [1.54, 1.807) is 18.2 Å². The lowest BCUT2D eigenvalue weighted by atomic mass is 9.91. The lowest BCUT2D eigenvalue weighted by Crippen LogP contribution is -2.53. The van der Waals surface area contributed by atoms with Gasteiger partial charge < -0.3 is 5.32 Å². The van der Waals surface area contributed by atoms with Crippen molar-refractivity contribution in [3.8, 4) is 6.07 Å². The van der Waals surface area contributed by atoms with Gasteiger partial charge in [0.05, 0.1) is 11.0 Å². The molecule has 0 radical (unpaired) electrons. The van der Waals surface area contributed by atoms with Crippen LogP contribution in [-0.2, 0) is 14.8 Å². The fourth-order valence-electron chi connectivity index (χ4n) is 6.17. The summed E-state index contributed by atoms with van der Waals surface area (Å²) in [4.78, 5) is 20.0. The van der Waals surface area contributed by atoms with Crippen molar-refractivity contribution < 1.29 is 13.2 Å². The van der Waals surface area contributed by atoms with E-state index in [1.807, 2.05) is 6.92 Å². The largest absolute Gasteiger partial charge is 0.335 e. The molecule has 208 valence electrons. The van der Waals surface area contributed by atoms with Crippen LogP contribution in [0.15, 0.2) is 34.2 Å². The molecule has 2 aliphatic heterocycles. The molecular weight excluding hydrogens is 498 g/mol. The van der Waals surface area contributed by atoms with Crippen molar-refractivity contribution in [2.24, 2.45) is 10.9 Å². The molecule has 0 bridgehead atoms. The van der Waals surface area contributed by atoms with Crippen molar-refractivity contribution in [2.45, 2.75) is 113 Å². The van der Waals surface area contributed by atoms with E-state index in [9.17, 15) is 18.5 Å². The fourth-order valence-corrected chi connectivity index (χ4v) is 7.40. The zero-order valence-electron chi connectivity index (χ0n) is 22.9. The highest BCUT2D eigenvalue weighted by molar-refractivity contribution is 7.90. The van der Waals surface area contributed by atoms with E-state index in [4.69, 9.17) is 0 Å². The number of carbonyl (C=O) groups is 1. The highest BCUT2D eigenvalue weighted by atomic mass is 32.2. The summed E-state index contributed by atoms with van der Waals surface area (Å²) >= 11 is 0. The van der Waals surface area contributed by atoms with Crippen LogP contribution in [0.3, 0.4) is 0 Å². The van der Waals surface area contributed by atoms with Crippen molar-refractivity contribution in [3.63, 3.8) is 0 Å². The number of aliphatic imine (C=N–C) groups is 1. The summed E-state index contributed by atoms with van der Waals surface area (Å²) in [6.45, 7) is 5.52. The SMILES string of the molecule is CC1CCCCC1.CCC(N=C1NS(=O)(=O)c2ccccc21)C(=O)NC1(C#N)CCN(C2CCCCC2)C1. The molecular formula is C29H43N5O3S. The van der Waals surface area contributed by atoms with Gasteiger partial charge in [-0.2, -0.15) is 5.26 Å². The Morgan fingerprint density at radius 3 is 2.42 bits per heavy atom. The van der Waals surface area contributed by atoms with E-state index < -0.39 is 21.6 Å². The minimum absolute atomic E-state index is 0.163. The van der Waals surface area contributed by atoms with Gasteiger partial charge in [0.1, 0.15) is 17.4 Å². The van der Waals surface area contributed by atoms with Crippen LogP contribution in [0.1, 0.15) is 96.5 Å². The number of hydrogen-bond donors (Lipinski definition) is 2. The molecule has 2 atom stereocenters. The van der Waals surface area contributed by atoms with Gasteiger partial charge in [0.25, 0.3) is 10.0 Å². The average Bonchev–Trinajstić information content (AvgIpc) is 3.47. The average molecular weight is 542 g/mol. The van der Waals surface area contributed by atoms with E-state index in [2.05, 4.69) is 32.9 Å². The van der Waals surface area contributed by atoms with E-state index >= 15 is 0 Å². The number of sulfonamides is 1. The maximum atomic E-state index is 13.1. The molecule has 2 heterocycles. The molecule has 9 heteroatoms. The predicted molar refractivity (Wildman–Crippen MR) is 149 cm³/mol. The Kier molecular flexibility index (Phi) is 9.48. The summed E-state index contributed by atoms with van der Waals surface area (Å²) in [6, 6.07) is 8.64.